The molecule has 0 aliphatic carbocycles. The number of hydrogen-bond donors (Lipinski definition) is 1. The van der Waals surface area contributed by atoms with E-state index in [-0.39, 0.29) is 6.10 Å². The molecule has 0 aliphatic heterocycles. The Morgan fingerprint density at radius 1 is 1.00 bits per heavy atom. The van der Waals surface area contributed by atoms with E-state index in [1.54, 1.807) is 0 Å². The monoisotopic (exact) mass is 254 g/mol. The van der Waals surface area contributed by atoms with Crippen LogP contribution in [0.25, 0.3) is 0 Å². The van der Waals surface area contributed by atoms with Crippen molar-refractivity contribution in [3.05, 3.63) is 70.3 Å². The lowest BCUT2D eigenvalue weighted by atomic mass is 9.95. The zero-order valence-corrected chi connectivity index (χ0v) is 12.0. The molecule has 0 amide bonds. The summed E-state index contributed by atoms with van der Waals surface area (Å²) in [5.41, 5.74) is 6.09. The van der Waals surface area contributed by atoms with Crippen LogP contribution in [-0.2, 0) is 6.42 Å². The minimum absolute atomic E-state index is 0.375. The van der Waals surface area contributed by atoms with Crippen LogP contribution in [0.15, 0.2) is 42.5 Å². The van der Waals surface area contributed by atoms with Crippen LogP contribution in [0.1, 0.15) is 40.3 Å². The second-order valence-electron chi connectivity index (χ2n) is 5.33. The second kappa shape index (κ2) is 6.03. The lowest BCUT2D eigenvalue weighted by Crippen LogP contribution is -2.03. The quantitative estimate of drug-likeness (QED) is 0.863. The maximum Gasteiger partial charge on any atom is 0.0795 e. The SMILES string of the molecule is Cc1cccc(CCC(O)c2cccc(C)c2C)c1. The van der Waals surface area contributed by atoms with Gasteiger partial charge in [-0.1, -0.05) is 48.0 Å². The maximum absolute atomic E-state index is 10.4. The summed E-state index contributed by atoms with van der Waals surface area (Å²) in [4.78, 5) is 0. The van der Waals surface area contributed by atoms with Gasteiger partial charge in [0.25, 0.3) is 0 Å². The summed E-state index contributed by atoms with van der Waals surface area (Å²) in [6.45, 7) is 6.28. The summed E-state index contributed by atoms with van der Waals surface area (Å²) >= 11 is 0. The van der Waals surface area contributed by atoms with E-state index in [1.165, 1.54) is 22.3 Å². The molecule has 100 valence electrons. The molecule has 0 spiro atoms. The average molecular weight is 254 g/mol. The molecule has 0 aromatic heterocycles. The Balaban J connectivity index is 2.05. The second-order valence-corrected chi connectivity index (χ2v) is 5.33. The minimum Gasteiger partial charge on any atom is -0.388 e. The summed E-state index contributed by atoms with van der Waals surface area (Å²) in [6.07, 6.45) is 1.31. The molecule has 0 saturated carbocycles. The third-order valence-corrected chi connectivity index (χ3v) is 3.79. The Bertz CT molecular complexity index is 557. The molecule has 0 radical (unpaired) electrons. The third kappa shape index (κ3) is 3.45. The maximum atomic E-state index is 10.4. The van der Waals surface area contributed by atoms with Gasteiger partial charge >= 0.3 is 0 Å². The molecule has 1 nitrogen and oxygen atoms in total. The summed E-state index contributed by atoms with van der Waals surface area (Å²) in [5, 5.41) is 10.4. The van der Waals surface area contributed by atoms with Crippen LogP contribution in [0.3, 0.4) is 0 Å². The lowest BCUT2D eigenvalue weighted by Gasteiger charge is -2.15. The molecule has 1 heteroatoms. The molecule has 0 aliphatic rings. The van der Waals surface area contributed by atoms with Crippen LogP contribution in [0.5, 0.6) is 0 Å². The van der Waals surface area contributed by atoms with Crippen molar-refractivity contribution in [3.8, 4) is 0 Å². The van der Waals surface area contributed by atoms with Crippen molar-refractivity contribution in [2.45, 2.75) is 39.7 Å². The molecule has 1 N–H and O–H groups in total. The molecule has 19 heavy (non-hydrogen) atoms. The van der Waals surface area contributed by atoms with E-state index in [1.807, 2.05) is 12.1 Å². The molecule has 1 atom stereocenters. The molecule has 1 unspecified atom stereocenters. The fourth-order valence-electron chi connectivity index (χ4n) is 2.46. The van der Waals surface area contributed by atoms with Gasteiger partial charge in [-0.25, -0.2) is 0 Å². The first-order valence-electron chi connectivity index (χ1n) is 6.87. The van der Waals surface area contributed by atoms with Gasteiger partial charge in [0.15, 0.2) is 0 Å². The normalized spacial score (nSPS) is 12.4. The number of hydrogen-bond acceptors (Lipinski definition) is 1. The summed E-state index contributed by atoms with van der Waals surface area (Å²) < 4.78 is 0. The zero-order valence-electron chi connectivity index (χ0n) is 12.0. The minimum atomic E-state index is -0.375. The van der Waals surface area contributed by atoms with Gasteiger partial charge in [0.05, 0.1) is 6.10 Å². The fraction of sp³-hybridized carbons (Fsp3) is 0.333. The van der Waals surface area contributed by atoms with E-state index in [2.05, 4.69) is 51.1 Å². The Kier molecular flexibility index (Phi) is 4.39. The van der Waals surface area contributed by atoms with Crippen LogP contribution in [-0.4, -0.2) is 5.11 Å². The molecule has 0 saturated heterocycles. The number of aliphatic hydroxyl groups excluding tert-OH is 1. The van der Waals surface area contributed by atoms with E-state index in [9.17, 15) is 5.11 Å². The van der Waals surface area contributed by atoms with E-state index in [0.717, 1.165) is 18.4 Å². The van der Waals surface area contributed by atoms with Crippen molar-refractivity contribution in [1.82, 2.24) is 0 Å². The number of aryl methyl sites for hydroxylation is 3. The van der Waals surface area contributed by atoms with Crippen molar-refractivity contribution in [2.75, 3.05) is 0 Å². The van der Waals surface area contributed by atoms with Crippen LogP contribution < -0.4 is 0 Å². The van der Waals surface area contributed by atoms with E-state index < -0.39 is 0 Å². The van der Waals surface area contributed by atoms with E-state index >= 15 is 0 Å². The van der Waals surface area contributed by atoms with Crippen LogP contribution in [0.4, 0.5) is 0 Å². The van der Waals surface area contributed by atoms with Gasteiger partial charge < -0.3 is 5.11 Å². The highest BCUT2D eigenvalue weighted by Gasteiger charge is 2.11. The predicted octanol–water partition coefficient (Wildman–Crippen LogP) is 4.28. The van der Waals surface area contributed by atoms with Crippen molar-refractivity contribution in [1.29, 1.82) is 0 Å². The summed E-state index contributed by atoms with van der Waals surface area (Å²) in [6, 6.07) is 14.6. The lowest BCUT2D eigenvalue weighted by molar-refractivity contribution is 0.167. The van der Waals surface area contributed by atoms with Crippen LogP contribution in [0, 0.1) is 20.8 Å². The Morgan fingerprint density at radius 2 is 1.74 bits per heavy atom. The third-order valence-electron chi connectivity index (χ3n) is 3.79. The fourth-order valence-corrected chi connectivity index (χ4v) is 2.46. The van der Waals surface area contributed by atoms with Gasteiger partial charge in [-0.3, -0.25) is 0 Å². The molecule has 2 rings (SSSR count). The standard InChI is InChI=1S/C18H22O/c1-13-6-4-8-16(12-13)10-11-18(19)17-9-5-7-14(2)15(17)3/h4-9,12,18-19H,10-11H2,1-3H3. The smallest absolute Gasteiger partial charge is 0.0795 e. The van der Waals surface area contributed by atoms with Crippen molar-refractivity contribution >= 4 is 0 Å². The highest BCUT2D eigenvalue weighted by atomic mass is 16.3. The number of benzene rings is 2. The van der Waals surface area contributed by atoms with Gasteiger partial charge in [0, 0.05) is 0 Å². The van der Waals surface area contributed by atoms with Crippen LogP contribution in [0.2, 0.25) is 0 Å². The molecule has 0 heterocycles. The van der Waals surface area contributed by atoms with E-state index in [0.29, 0.717) is 0 Å². The molecule has 2 aromatic rings. The van der Waals surface area contributed by atoms with Crippen LogP contribution >= 0.6 is 0 Å². The van der Waals surface area contributed by atoms with E-state index in [4.69, 9.17) is 0 Å². The first-order chi connectivity index (χ1) is 9.08. The Hall–Kier alpha value is -1.60. The Labute approximate surface area is 115 Å². The van der Waals surface area contributed by atoms with Gasteiger partial charge in [0.2, 0.25) is 0 Å². The number of rotatable bonds is 4. The van der Waals surface area contributed by atoms with Crippen molar-refractivity contribution in [2.24, 2.45) is 0 Å². The summed E-state index contributed by atoms with van der Waals surface area (Å²) in [5.74, 6) is 0. The largest absolute Gasteiger partial charge is 0.388 e. The van der Waals surface area contributed by atoms with Gasteiger partial charge in [-0.15, -0.1) is 0 Å². The zero-order chi connectivity index (χ0) is 13.8. The topological polar surface area (TPSA) is 20.2 Å². The molecular weight excluding hydrogens is 232 g/mol. The predicted molar refractivity (Wildman–Crippen MR) is 80.4 cm³/mol. The average Bonchev–Trinajstić information content (AvgIpc) is 2.39. The highest BCUT2D eigenvalue weighted by Crippen LogP contribution is 2.24. The summed E-state index contributed by atoms with van der Waals surface area (Å²) in [7, 11) is 0. The Morgan fingerprint density at radius 3 is 2.47 bits per heavy atom. The van der Waals surface area contributed by atoms with Gasteiger partial charge in [-0.2, -0.15) is 0 Å². The van der Waals surface area contributed by atoms with Crippen molar-refractivity contribution < 1.29 is 5.11 Å². The van der Waals surface area contributed by atoms with Gasteiger partial charge in [-0.05, 0) is 55.9 Å². The first-order valence-corrected chi connectivity index (χ1v) is 6.87. The van der Waals surface area contributed by atoms with Gasteiger partial charge in [0.1, 0.15) is 0 Å². The molecular formula is C18H22O. The molecule has 2 aromatic carbocycles. The molecule has 0 bridgehead atoms. The first kappa shape index (κ1) is 13.8. The molecule has 0 fully saturated rings. The highest BCUT2D eigenvalue weighted by molar-refractivity contribution is 5.34. The van der Waals surface area contributed by atoms with Crippen molar-refractivity contribution in [3.63, 3.8) is 0 Å². The number of aliphatic hydroxyl groups is 1.